The first kappa shape index (κ1) is 13.0. The highest BCUT2D eigenvalue weighted by atomic mass is 16.5. The zero-order chi connectivity index (χ0) is 13.3. The van der Waals surface area contributed by atoms with Gasteiger partial charge in [0, 0.05) is 18.6 Å². The van der Waals surface area contributed by atoms with Gasteiger partial charge in [-0.05, 0) is 18.6 Å². The molecule has 1 heterocycles. The number of hydrogen-bond acceptors (Lipinski definition) is 5. The van der Waals surface area contributed by atoms with Crippen LogP contribution in [0.4, 0.5) is 11.5 Å². The minimum atomic E-state index is 0.102. The third kappa shape index (κ3) is 2.10. The Morgan fingerprint density at radius 3 is 2.67 bits per heavy atom. The number of hydrogen-bond donors (Lipinski definition) is 2. The lowest BCUT2D eigenvalue weighted by Crippen LogP contribution is -2.57. The molecule has 0 saturated heterocycles. The van der Waals surface area contributed by atoms with E-state index in [9.17, 15) is 0 Å². The molecule has 1 aliphatic carbocycles. The Morgan fingerprint density at radius 1 is 1.39 bits per heavy atom. The van der Waals surface area contributed by atoms with E-state index in [4.69, 9.17) is 15.2 Å². The number of nitrogens with one attached hydrogen (secondary N) is 1. The molecule has 2 unspecified atom stereocenters. The zero-order valence-corrected chi connectivity index (χ0v) is 11.4. The van der Waals surface area contributed by atoms with Crippen LogP contribution >= 0.6 is 0 Å². The number of anilines is 2. The van der Waals surface area contributed by atoms with Crippen molar-refractivity contribution < 1.29 is 9.47 Å². The van der Waals surface area contributed by atoms with Gasteiger partial charge < -0.3 is 20.5 Å². The van der Waals surface area contributed by atoms with Crippen molar-refractivity contribution >= 4 is 11.5 Å². The highest BCUT2D eigenvalue weighted by molar-refractivity contribution is 5.54. The normalized spacial score (nSPS) is 25.3. The molecule has 2 atom stereocenters. The minimum Gasteiger partial charge on any atom is -0.479 e. The molecule has 1 aromatic rings. The number of nitrogen functional groups attached to an aromatic ring is 1. The van der Waals surface area contributed by atoms with Crippen LogP contribution in [0.5, 0.6) is 5.88 Å². The van der Waals surface area contributed by atoms with Crippen LogP contribution in [0.15, 0.2) is 12.1 Å². The molecule has 18 heavy (non-hydrogen) atoms. The Bertz CT molecular complexity index is 434. The summed E-state index contributed by atoms with van der Waals surface area (Å²) in [6, 6.07) is 4.02. The summed E-state index contributed by atoms with van der Waals surface area (Å²) in [6.45, 7) is 4.38. The molecule has 3 N–H and O–H groups in total. The average Bonchev–Trinajstić information content (AvgIpc) is 2.35. The van der Waals surface area contributed by atoms with E-state index in [2.05, 4.69) is 24.1 Å². The van der Waals surface area contributed by atoms with Crippen LogP contribution in [-0.2, 0) is 4.74 Å². The quantitative estimate of drug-likeness (QED) is 0.855. The van der Waals surface area contributed by atoms with Crippen molar-refractivity contribution in [3.05, 3.63) is 12.1 Å². The van der Waals surface area contributed by atoms with Gasteiger partial charge in [-0.1, -0.05) is 13.8 Å². The van der Waals surface area contributed by atoms with E-state index in [1.165, 1.54) is 0 Å². The van der Waals surface area contributed by atoms with Gasteiger partial charge in [0.15, 0.2) is 0 Å². The van der Waals surface area contributed by atoms with Gasteiger partial charge in [0.25, 0.3) is 0 Å². The predicted octanol–water partition coefficient (Wildman–Crippen LogP) is 1.90. The third-order valence-electron chi connectivity index (χ3n) is 3.87. The van der Waals surface area contributed by atoms with Gasteiger partial charge in [-0.15, -0.1) is 0 Å². The molecule has 1 aliphatic rings. The second-order valence-corrected chi connectivity index (χ2v) is 5.27. The predicted molar refractivity (Wildman–Crippen MR) is 71.8 cm³/mol. The van der Waals surface area contributed by atoms with Gasteiger partial charge in [-0.2, -0.15) is 4.98 Å². The number of rotatable bonds is 4. The molecular formula is C13H21N3O2. The maximum absolute atomic E-state index is 5.74. The number of ether oxygens (including phenoxy) is 2. The fourth-order valence-corrected chi connectivity index (χ4v) is 2.40. The summed E-state index contributed by atoms with van der Waals surface area (Å²) < 4.78 is 10.5. The van der Waals surface area contributed by atoms with Crippen molar-refractivity contribution in [3.63, 3.8) is 0 Å². The molecule has 2 rings (SSSR count). The summed E-state index contributed by atoms with van der Waals surface area (Å²) in [5.74, 6) is 1.24. The Morgan fingerprint density at radius 2 is 2.11 bits per heavy atom. The van der Waals surface area contributed by atoms with Crippen LogP contribution in [-0.4, -0.2) is 31.3 Å². The first-order valence-corrected chi connectivity index (χ1v) is 6.09. The lowest BCUT2D eigenvalue weighted by Gasteiger charge is -2.51. The Kier molecular flexibility index (Phi) is 3.34. The van der Waals surface area contributed by atoms with E-state index in [-0.39, 0.29) is 5.41 Å². The highest BCUT2D eigenvalue weighted by Crippen LogP contribution is 2.44. The average molecular weight is 251 g/mol. The first-order valence-electron chi connectivity index (χ1n) is 6.09. The second kappa shape index (κ2) is 4.65. The van der Waals surface area contributed by atoms with Crippen LogP contribution in [0.2, 0.25) is 0 Å². The first-order chi connectivity index (χ1) is 8.48. The number of pyridine rings is 1. The summed E-state index contributed by atoms with van der Waals surface area (Å²) in [5, 5.41) is 3.41. The molecule has 0 aromatic carbocycles. The van der Waals surface area contributed by atoms with Crippen LogP contribution < -0.4 is 15.8 Å². The molecule has 100 valence electrons. The van der Waals surface area contributed by atoms with E-state index in [0.29, 0.717) is 23.7 Å². The molecule has 0 amide bonds. The van der Waals surface area contributed by atoms with Gasteiger partial charge in [-0.3, -0.25) is 0 Å². The van der Waals surface area contributed by atoms with E-state index < -0.39 is 0 Å². The lowest BCUT2D eigenvalue weighted by atomic mass is 9.64. The highest BCUT2D eigenvalue weighted by Gasteiger charge is 2.48. The van der Waals surface area contributed by atoms with E-state index in [1.54, 1.807) is 20.3 Å². The van der Waals surface area contributed by atoms with E-state index >= 15 is 0 Å². The third-order valence-corrected chi connectivity index (χ3v) is 3.87. The number of nitrogens with zero attached hydrogens (tertiary/aromatic N) is 1. The summed E-state index contributed by atoms with van der Waals surface area (Å²) in [5.41, 5.74) is 6.39. The lowest BCUT2D eigenvalue weighted by molar-refractivity contribution is -0.0795. The van der Waals surface area contributed by atoms with Crippen LogP contribution in [0.1, 0.15) is 20.3 Å². The van der Waals surface area contributed by atoms with Crippen molar-refractivity contribution in [2.24, 2.45) is 5.41 Å². The number of methoxy groups -OCH3 is 2. The molecule has 5 nitrogen and oxygen atoms in total. The monoisotopic (exact) mass is 251 g/mol. The molecule has 1 fully saturated rings. The minimum absolute atomic E-state index is 0.102. The largest absolute Gasteiger partial charge is 0.479 e. The molecule has 5 heteroatoms. The van der Waals surface area contributed by atoms with Crippen molar-refractivity contribution in [1.82, 2.24) is 4.98 Å². The standard InChI is InChI=1S/C13H21N3O2/c1-13(2)9(7-10(13)17-3)15-11-6-5-8(14)12(16-11)18-4/h5-6,9-10H,7,14H2,1-4H3,(H,15,16). The Labute approximate surface area is 108 Å². The van der Waals surface area contributed by atoms with Crippen molar-refractivity contribution in [3.8, 4) is 5.88 Å². The Balaban J connectivity index is 2.07. The summed E-state index contributed by atoms with van der Waals surface area (Å²) >= 11 is 0. The fourth-order valence-electron chi connectivity index (χ4n) is 2.40. The van der Waals surface area contributed by atoms with Crippen molar-refractivity contribution in [2.75, 3.05) is 25.3 Å². The van der Waals surface area contributed by atoms with Gasteiger partial charge in [-0.25, -0.2) is 0 Å². The molecule has 0 radical (unpaired) electrons. The second-order valence-electron chi connectivity index (χ2n) is 5.27. The summed E-state index contributed by atoms with van der Waals surface area (Å²) in [7, 11) is 3.32. The molecular weight excluding hydrogens is 230 g/mol. The zero-order valence-electron chi connectivity index (χ0n) is 11.4. The van der Waals surface area contributed by atoms with Crippen LogP contribution in [0.3, 0.4) is 0 Å². The summed E-state index contributed by atoms with van der Waals surface area (Å²) in [4.78, 5) is 4.33. The maximum Gasteiger partial charge on any atom is 0.238 e. The van der Waals surface area contributed by atoms with Crippen molar-refractivity contribution in [1.29, 1.82) is 0 Å². The fraction of sp³-hybridized carbons (Fsp3) is 0.615. The van der Waals surface area contributed by atoms with Gasteiger partial charge in [0.05, 0.1) is 18.9 Å². The summed E-state index contributed by atoms with van der Waals surface area (Å²) in [6.07, 6.45) is 1.28. The molecule has 1 saturated carbocycles. The topological polar surface area (TPSA) is 69.4 Å². The molecule has 0 bridgehead atoms. The van der Waals surface area contributed by atoms with Crippen LogP contribution in [0.25, 0.3) is 0 Å². The van der Waals surface area contributed by atoms with Crippen molar-refractivity contribution in [2.45, 2.75) is 32.4 Å². The molecule has 1 aromatic heterocycles. The van der Waals surface area contributed by atoms with Gasteiger partial charge >= 0.3 is 0 Å². The van der Waals surface area contributed by atoms with Gasteiger partial charge in [0.1, 0.15) is 5.82 Å². The molecule has 0 aliphatic heterocycles. The maximum atomic E-state index is 5.74. The number of nitrogens with two attached hydrogens (primary N) is 1. The number of aromatic nitrogens is 1. The van der Waals surface area contributed by atoms with Crippen LogP contribution in [0, 0.1) is 5.41 Å². The smallest absolute Gasteiger partial charge is 0.238 e. The molecule has 0 spiro atoms. The van der Waals surface area contributed by atoms with E-state index in [0.717, 1.165) is 12.2 Å². The van der Waals surface area contributed by atoms with Gasteiger partial charge in [0.2, 0.25) is 5.88 Å². The Hall–Kier alpha value is -1.49. The van der Waals surface area contributed by atoms with E-state index in [1.807, 2.05) is 6.07 Å². The SMILES string of the molecule is COc1nc(NC2CC(OC)C2(C)C)ccc1N.